The maximum Gasteiger partial charge on any atom is 0.260 e. The topological polar surface area (TPSA) is 56.1 Å². The molecule has 1 amide bonds. The van der Waals surface area contributed by atoms with Crippen LogP contribution in [-0.2, 0) is 0 Å². The first-order valence-electron chi connectivity index (χ1n) is 9.89. The summed E-state index contributed by atoms with van der Waals surface area (Å²) in [5.74, 6) is 1.39. The van der Waals surface area contributed by atoms with Crippen molar-refractivity contribution >= 4 is 43.4 Å². The number of ether oxygens (including phenoxy) is 2. The molecular formula is C23H22N3O3S+. The van der Waals surface area contributed by atoms with E-state index in [0.29, 0.717) is 23.0 Å². The van der Waals surface area contributed by atoms with E-state index >= 15 is 0 Å². The molecule has 3 aromatic carbocycles. The number of thiazole rings is 1. The van der Waals surface area contributed by atoms with E-state index in [4.69, 9.17) is 14.5 Å². The maximum atomic E-state index is 13.7. The van der Waals surface area contributed by atoms with Gasteiger partial charge in [0, 0.05) is 17.7 Å². The van der Waals surface area contributed by atoms with Crippen molar-refractivity contribution in [1.29, 1.82) is 0 Å². The number of carbonyl (C=O) groups is 1. The van der Waals surface area contributed by atoms with Crippen LogP contribution >= 0.6 is 11.3 Å². The molecule has 5 rings (SSSR count). The molecule has 0 saturated heterocycles. The Morgan fingerprint density at radius 1 is 1.10 bits per heavy atom. The maximum absolute atomic E-state index is 13.7. The van der Waals surface area contributed by atoms with Gasteiger partial charge in [-0.05, 0) is 16.8 Å². The molecule has 4 aromatic rings. The van der Waals surface area contributed by atoms with Gasteiger partial charge in [0.2, 0.25) is 6.79 Å². The van der Waals surface area contributed by atoms with Crippen LogP contribution in [-0.4, -0.2) is 44.9 Å². The molecule has 0 bridgehead atoms. The standard InChI is InChI=1S/C23H21N3O3S/c1-25(2)10-11-26(22(27)17-9-5-7-15-6-3-4-8-16(15)17)23-24-18-12-19-20(29-14-28-19)13-21(18)30-23/h3-9,12-13H,10-11,14H2,1-2H3/p+1. The average molecular weight is 421 g/mol. The van der Waals surface area contributed by atoms with Crippen LogP contribution in [0.15, 0.2) is 54.6 Å². The number of fused-ring (bicyclic) bond motifs is 3. The molecule has 0 spiro atoms. The lowest BCUT2D eigenvalue weighted by atomic mass is 10.0. The second kappa shape index (κ2) is 7.59. The van der Waals surface area contributed by atoms with Crippen LogP contribution in [0.3, 0.4) is 0 Å². The summed E-state index contributed by atoms with van der Waals surface area (Å²) in [4.78, 5) is 21.5. The summed E-state index contributed by atoms with van der Waals surface area (Å²) in [6, 6.07) is 17.7. The van der Waals surface area contributed by atoms with Gasteiger partial charge in [-0.1, -0.05) is 47.7 Å². The molecular weight excluding hydrogens is 398 g/mol. The summed E-state index contributed by atoms with van der Waals surface area (Å²) in [6.07, 6.45) is 0. The summed E-state index contributed by atoms with van der Waals surface area (Å²) in [5, 5.41) is 2.69. The van der Waals surface area contributed by atoms with Gasteiger partial charge in [0.15, 0.2) is 16.6 Å². The van der Waals surface area contributed by atoms with Gasteiger partial charge in [0.05, 0.1) is 37.4 Å². The Hall–Kier alpha value is -3.16. The van der Waals surface area contributed by atoms with E-state index in [2.05, 4.69) is 14.1 Å². The van der Waals surface area contributed by atoms with Gasteiger partial charge >= 0.3 is 0 Å². The summed E-state index contributed by atoms with van der Waals surface area (Å²) < 4.78 is 11.9. The van der Waals surface area contributed by atoms with Crippen molar-refractivity contribution in [2.75, 3.05) is 38.9 Å². The first-order chi connectivity index (χ1) is 14.6. The minimum atomic E-state index is -0.0350. The molecule has 0 radical (unpaired) electrons. The predicted molar refractivity (Wildman–Crippen MR) is 119 cm³/mol. The zero-order valence-electron chi connectivity index (χ0n) is 16.8. The number of hydrogen-bond acceptors (Lipinski definition) is 5. The zero-order valence-corrected chi connectivity index (χ0v) is 17.7. The van der Waals surface area contributed by atoms with Crippen molar-refractivity contribution in [3.05, 3.63) is 60.2 Å². The van der Waals surface area contributed by atoms with Gasteiger partial charge in [-0.15, -0.1) is 0 Å². The molecule has 0 saturated carbocycles. The number of likely N-dealkylation sites (N-methyl/N-ethyl adjacent to an activating group) is 1. The molecule has 1 aliphatic heterocycles. The molecule has 7 heteroatoms. The smallest absolute Gasteiger partial charge is 0.260 e. The van der Waals surface area contributed by atoms with Crippen LogP contribution in [0.4, 0.5) is 5.13 Å². The number of amides is 1. The molecule has 152 valence electrons. The molecule has 1 aliphatic rings. The molecule has 0 atom stereocenters. The van der Waals surface area contributed by atoms with E-state index in [9.17, 15) is 4.79 Å². The van der Waals surface area contributed by atoms with Crippen molar-refractivity contribution < 1.29 is 19.2 Å². The van der Waals surface area contributed by atoms with Crippen molar-refractivity contribution in [1.82, 2.24) is 4.98 Å². The second-order valence-electron chi connectivity index (χ2n) is 7.61. The first kappa shape index (κ1) is 18.8. The monoisotopic (exact) mass is 420 g/mol. The molecule has 2 heterocycles. The van der Waals surface area contributed by atoms with Crippen molar-refractivity contribution in [2.24, 2.45) is 0 Å². The van der Waals surface area contributed by atoms with E-state index in [1.165, 1.54) is 16.2 Å². The van der Waals surface area contributed by atoms with Crippen molar-refractivity contribution in [3.8, 4) is 11.5 Å². The SMILES string of the molecule is C[NH+](C)CCN(C(=O)c1cccc2ccccc12)c1nc2cc3c(cc2s1)OCO3. The molecule has 1 N–H and O–H groups in total. The summed E-state index contributed by atoms with van der Waals surface area (Å²) in [6.45, 7) is 1.63. The molecule has 6 nitrogen and oxygen atoms in total. The fourth-order valence-electron chi connectivity index (χ4n) is 3.60. The van der Waals surface area contributed by atoms with Crippen molar-refractivity contribution in [3.63, 3.8) is 0 Å². The predicted octanol–water partition coefficient (Wildman–Crippen LogP) is 2.97. The molecule has 0 fully saturated rings. The summed E-state index contributed by atoms with van der Waals surface area (Å²) >= 11 is 1.50. The highest BCUT2D eigenvalue weighted by Crippen LogP contribution is 2.40. The Labute approximate surface area is 178 Å². The van der Waals surface area contributed by atoms with Gasteiger partial charge in [-0.3, -0.25) is 9.69 Å². The lowest BCUT2D eigenvalue weighted by molar-refractivity contribution is -0.856. The fourth-order valence-corrected chi connectivity index (χ4v) is 4.60. The van der Waals surface area contributed by atoms with Crippen LogP contribution < -0.4 is 19.3 Å². The third-order valence-electron chi connectivity index (χ3n) is 5.20. The van der Waals surface area contributed by atoms with E-state index in [1.807, 2.05) is 54.6 Å². The number of nitrogens with one attached hydrogen (secondary N) is 1. The van der Waals surface area contributed by atoms with E-state index < -0.39 is 0 Å². The van der Waals surface area contributed by atoms with Crippen LogP contribution in [0.2, 0.25) is 0 Å². The number of aromatic nitrogens is 1. The molecule has 30 heavy (non-hydrogen) atoms. The number of carbonyl (C=O) groups excluding carboxylic acids is 1. The fraction of sp³-hybridized carbons (Fsp3) is 0.217. The Morgan fingerprint density at radius 2 is 1.87 bits per heavy atom. The number of anilines is 1. The minimum absolute atomic E-state index is 0.0350. The normalized spacial score (nSPS) is 12.8. The third-order valence-corrected chi connectivity index (χ3v) is 6.24. The van der Waals surface area contributed by atoms with Crippen LogP contribution in [0, 0.1) is 0 Å². The Kier molecular flexibility index (Phi) is 4.77. The van der Waals surface area contributed by atoms with Crippen LogP contribution in [0.5, 0.6) is 11.5 Å². The third kappa shape index (κ3) is 3.36. The van der Waals surface area contributed by atoms with Crippen LogP contribution in [0.1, 0.15) is 10.4 Å². The van der Waals surface area contributed by atoms with E-state index in [-0.39, 0.29) is 12.7 Å². The highest BCUT2D eigenvalue weighted by Gasteiger charge is 2.25. The number of benzene rings is 3. The number of quaternary nitrogens is 1. The summed E-state index contributed by atoms with van der Waals surface area (Å²) in [7, 11) is 4.16. The van der Waals surface area contributed by atoms with Gasteiger partial charge in [0.1, 0.15) is 0 Å². The van der Waals surface area contributed by atoms with Gasteiger partial charge in [0.25, 0.3) is 5.91 Å². The number of hydrogen-bond donors (Lipinski definition) is 1. The first-order valence-corrected chi connectivity index (χ1v) is 10.7. The molecule has 0 unspecified atom stereocenters. The lowest BCUT2D eigenvalue weighted by Crippen LogP contribution is -3.06. The number of nitrogens with zero attached hydrogens (tertiary/aromatic N) is 2. The zero-order chi connectivity index (χ0) is 20.7. The van der Waals surface area contributed by atoms with Gasteiger partial charge in [-0.2, -0.15) is 0 Å². The van der Waals surface area contributed by atoms with E-state index in [0.717, 1.165) is 33.3 Å². The van der Waals surface area contributed by atoms with Crippen LogP contribution in [0.25, 0.3) is 21.0 Å². The Morgan fingerprint density at radius 3 is 2.70 bits per heavy atom. The molecule has 0 aliphatic carbocycles. The highest BCUT2D eigenvalue weighted by molar-refractivity contribution is 7.22. The van der Waals surface area contributed by atoms with Crippen molar-refractivity contribution in [2.45, 2.75) is 0 Å². The molecule has 1 aromatic heterocycles. The number of rotatable bonds is 5. The Bertz CT molecular complexity index is 1200. The average Bonchev–Trinajstić information content (AvgIpc) is 3.37. The second-order valence-corrected chi connectivity index (χ2v) is 8.62. The lowest BCUT2D eigenvalue weighted by Gasteiger charge is -2.21. The summed E-state index contributed by atoms with van der Waals surface area (Å²) in [5.41, 5.74) is 1.50. The largest absolute Gasteiger partial charge is 0.454 e. The van der Waals surface area contributed by atoms with E-state index in [1.54, 1.807) is 4.90 Å². The highest BCUT2D eigenvalue weighted by atomic mass is 32.1. The quantitative estimate of drug-likeness (QED) is 0.539. The van der Waals surface area contributed by atoms with Gasteiger partial charge in [-0.25, -0.2) is 4.98 Å². The van der Waals surface area contributed by atoms with Gasteiger partial charge < -0.3 is 14.4 Å². The Balaban J connectivity index is 1.58. The minimum Gasteiger partial charge on any atom is -0.454 e.